The summed E-state index contributed by atoms with van der Waals surface area (Å²) in [7, 11) is -1.03. The zero-order valence-corrected chi connectivity index (χ0v) is 10.9. The molecule has 2 N–H and O–H groups in total. The van der Waals surface area contributed by atoms with Crippen LogP contribution in [0.1, 0.15) is 5.56 Å². The lowest BCUT2D eigenvalue weighted by Crippen LogP contribution is -2.30. The highest BCUT2D eigenvalue weighted by atomic mass is 28.3. The third-order valence-electron chi connectivity index (χ3n) is 2.18. The molecule has 1 rings (SSSR count). The first-order valence-corrected chi connectivity index (χ1v) is 9.17. The molecule has 1 nitrogen and oxygen atoms in total. The molecule has 1 atom stereocenters. The Bertz CT molecular complexity index is 311. The minimum absolute atomic E-state index is 0.205. The van der Waals surface area contributed by atoms with Gasteiger partial charge in [0.25, 0.3) is 0 Å². The molecule has 1 aromatic rings. The molecule has 15 heavy (non-hydrogen) atoms. The van der Waals surface area contributed by atoms with E-state index in [9.17, 15) is 0 Å². The Morgan fingerprint density at radius 3 is 2.33 bits per heavy atom. The summed E-state index contributed by atoms with van der Waals surface area (Å²) in [5.74, 6) is 0. The van der Waals surface area contributed by atoms with Gasteiger partial charge in [0, 0.05) is 14.1 Å². The monoisotopic (exact) mass is 219 g/mol. The third kappa shape index (κ3) is 5.55. The highest BCUT2D eigenvalue weighted by Gasteiger charge is 2.15. The topological polar surface area (TPSA) is 26.0 Å². The molecule has 0 radical (unpaired) electrons. The molecule has 0 heterocycles. The maximum Gasteiger partial charge on any atom is 0.0461 e. The standard InChI is InChI=1S/C13H21NSi/c1-15(2,3)11-13(14)10-9-12-7-5-4-6-8-12/h4-10,13H,11,14H2,1-3H3/b10-9+. The summed E-state index contributed by atoms with van der Waals surface area (Å²) in [6.07, 6.45) is 4.23. The van der Waals surface area contributed by atoms with Crippen LogP contribution in [0.25, 0.3) is 6.08 Å². The van der Waals surface area contributed by atoms with Crippen LogP contribution in [0.5, 0.6) is 0 Å². The van der Waals surface area contributed by atoms with Gasteiger partial charge in [0.15, 0.2) is 0 Å². The van der Waals surface area contributed by atoms with Crippen LogP contribution >= 0.6 is 0 Å². The largest absolute Gasteiger partial charge is 0.325 e. The Kier molecular flexibility index (Phi) is 4.30. The first-order chi connectivity index (χ1) is 6.97. The molecule has 0 fully saturated rings. The predicted octanol–water partition coefficient (Wildman–Crippen LogP) is 3.37. The summed E-state index contributed by atoms with van der Waals surface area (Å²) in [6.45, 7) is 7.05. The molecule has 0 aromatic heterocycles. The molecule has 0 saturated carbocycles. The van der Waals surface area contributed by atoms with E-state index >= 15 is 0 Å². The number of nitrogens with two attached hydrogens (primary N) is 1. The van der Waals surface area contributed by atoms with E-state index in [-0.39, 0.29) is 6.04 Å². The fraction of sp³-hybridized carbons (Fsp3) is 0.385. The second-order valence-corrected chi connectivity index (χ2v) is 10.7. The molecule has 0 aliphatic rings. The van der Waals surface area contributed by atoms with Crippen molar-refractivity contribution in [2.45, 2.75) is 31.7 Å². The maximum atomic E-state index is 6.06. The van der Waals surface area contributed by atoms with Gasteiger partial charge in [0.1, 0.15) is 0 Å². The van der Waals surface area contributed by atoms with Gasteiger partial charge in [-0.15, -0.1) is 0 Å². The Hall–Kier alpha value is -0.863. The average Bonchev–Trinajstić information content (AvgIpc) is 2.14. The van der Waals surface area contributed by atoms with Crippen LogP contribution in [0, 0.1) is 0 Å². The van der Waals surface area contributed by atoms with Crippen molar-refractivity contribution in [3.05, 3.63) is 42.0 Å². The fourth-order valence-electron chi connectivity index (χ4n) is 1.57. The number of rotatable bonds is 4. The fourth-order valence-corrected chi connectivity index (χ4v) is 3.12. The number of hydrogen-bond acceptors (Lipinski definition) is 1. The van der Waals surface area contributed by atoms with E-state index in [1.165, 1.54) is 5.56 Å². The minimum Gasteiger partial charge on any atom is -0.325 e. The molecule has 0 aliphatic heterocycles. The Balaban J connectivity index is 2.52. The van der Waals surface area contributed by atoms with Crippen molar-refractivity contribution in [3.63, 3.8) is 0 Å². The highest BCUT2D eigenvalue weighted by molar-refractivity contribution is 6.76. The van der Waals surface area contributed by atoms with Crippen molar-refractivity contribution in [2.24, 2.45) is 5.73 Å². The minimum atomic E-state index is -1.03. The molecule has 0 amide bonds. The molecule has 82 valence electrons. The second kappa shape index (κ2) is 5.28. The van der Waals surface area contributed by atoms with Gasteiger partial charge >= 0.3 is 0 Å². The van der Waals surface area contributed by atoms with Gasteiger partial charge in [-0.05, 0) is 11.6 Å². The van der Waals surface area contributed by atoms with Crippen LogP contribution in [0.4, 0.5) is 0 Å². The van der Waals surface area contributed by atoms with Gasteiger partial charge in [-0.3, -0.25) is 0 Å². The van der Waals surface area contributed by atoms with Gasteiger partial charge in [-0.1, -0.05) is 62.1 Å². The molecule has 1 unspecified atom stereocenters. The van der Waals surface area contributed by atoms with Gasteiger partial charge in [-0.25, -0.2) is 0 Å². The van der Waals surface area contributed by atoms with E-state index < -0.39 is 8.07 Å². The van der Waals surface area contributed by atoms with Crippen LogP contribution < -0.4 is 5.73 Å². The Morgan fingerprint density at radius 2 is 1.80 bits per heavy atom. The summed E-state index contributed by atoms with van der Waals surface area (Å²) in [4.78, 5) is 0. The van der Waals surface area contributed by atoms with Gasteiger partial charge in [0.2, 0.25) is 0 Å². The molecule has 0 aliphatic carbocycles. The maximum absolute atomic E-state index is 6.06. The van der Waals surface area contributed by atoms with Crippen LogP contribution in [-0.2, 0) is 0 Å². The molecule has 2 heteroatoms. The van der Waals surface area contributed by atoms with Crippen molar-refractivity contribution >= 4 is 14.1 Å². The highest BCUT2D eigenvalue weighted by Crippen LogP contribution is 2.12. The van der Waals surface area contributed by atoms with Crippen molar-refractivity contribution < 1.29 is 0 Å². The van der Waals surface area contributed by atoms with Crippen LogP contribution in [0.2, 0.25) is 25.7 Å². The van der Waals surface area contributed by atoms with Gasteiger partial charge in [0.05, 0.1) is 0 Å². The van der Waals surface area contributed by atoms with Crippen molar-refractivity contribution in [2.75, 3.05) is 0 Å². The lowest BCUT2D eigenvalue weighted by molar-refractivity contribution is 0.906. The van der Waals surface area contributed by atoms with E-state index in [2.05, 4.69) is 43.9 Å². The summed E-state index contributed by atoms with van der Waals surface area (Å²) in [5.41, 5.74) is 7.28. The Morgan fingerprint density at radius 1 is 1.20 bits per heavy atom. The summed E-state index contributed by atoms with van der Waals surface area (Å²) >= 11 is 0. The van der Waals surface area contributed by atoms with Crippen molar-refractivity contribution in [1.82, 2.24) is 0 Å². The molecule has 0 saturated heterocycles. The predicted molar refractivity (Wildman–Crippen MR) is 71.6 cm³/mol. The Labute approximate surface area is 94.0 Å². The zero-order chi connectivity index (χ0) is 11.3. The first kappa shape index (κ1) is 12.2. The van der Waals surface area contributed by atoms with Crippen molar-refractivity contribution in [3.8, 4) is 0 Å². The lowest BCUT2D eigenvalue weighted by Gasteiger charge is -2.18. The summed E-state index contributed by atoms with van der Waals surface area (Å²) < 4.78 is 0. The first-order valence-electron chi connectivity index (χ1n) is 5.46. The van der Waals surface area contributed by atoms with E-state index in [0.717, 1.165) is 6.04 Å². The van der Waals surface area contributed by atoms with Crippen LogP contribution in [0.3, 0.4) is 0 Å². The van der Waals surface area contributed by atoms with E-state index in [4.69, 9.17) is 5.73 Å². The van der Waals surface area contributed by atoms with Gasteiger partial charge in [-0.2, -0.15) is 0 Å². The quantitative estimate of drug-likeness (QED) is 0.772. The van der Waals surface area contributed by atoms with E-state index in [1.54, 1.807) is 0 Å². The summed E-state index contributed by atoms with van der Waals surface area (Å²) in [6, 6.07) is 11.7. The molecule has 0 spiro atoms. The van der Waals surface area contributed by atoms with E-state index in [0.29, 0.717) is 0 Å². The van der Waals surface area contributed by atoms with Crippen LogP contribution in [-0.4, -0.2) is 14.1 Å². The molecule has 0 bridgehead atoms. The normalized spacial score (nSPS) is 14.4. The second-order valence-electron chi connectivity index (χ2n) is 5.20. The number of hydrogen-bond donors (Lipinski definition) is 1. The number of benzene rings is 1. The van der Waals surface area contributed by atoms with Gasteiger partial charge < -0.3 is 5.73 Å². The molecule has 1 aromatic carbocycles. The zero-order valence-electron chi connectivity index (χ0n) is 9.90. The third-order valence-corrected chi connectivity index (χ3v) is 3.88. The molecular weight excluding hydrogens is 198 g/mol. The molecular formula is C13H21NSi. The lowest BCUT2D eigenvalue weighted by atomic mass is 10.2. The average molecular weight is 219 g/mol. The summed E-state index contributed by atoms with van der Waals surface area (Å²) in [5, 5.41) is 0. The SMILES string of the molecule is C[Si](C)(C)CC(N)/C=C/c1ccccc1. The van der Waals surface area contributed by atoms with Crippen LogP contribution in [0.15, 0.2) is 36.4 Å². The van der Waals surface area contributed by atoms with E-state index in [1.807, 2.05) is 18.2 Å². The van der Waals surface area contributed by atoms with Crippen molar-refractivity contribution in [1.29, 1.82) is 0 Å². The smallest absolute Gasteiger partial charge is 0.0461 e.